The van der Waals surface area contributed by atoms with Crippen LogP contribution in [0.1, 0.15) is 36.1 Å². The highest BCUT2D eigenvalue weighted by Crippen LogP contribution is 2.52. The number of rotatable bonds is 10. The van der Waals surface area contributed by atoms with Gasteiger partial charge in [0.1, 0.15) is 52.6 Å². The lowest BCUT2D eigenvalue weighted by molar-refractivity contribution is -0.374. The number of hydrogen-bond acceptors (Lipinski definition) is 21. The number of hydrogen-bond donors (Lipinski definition) is 15. The van der Waals surface area contributed by atoms with Gasteiger partial charge in [0.15, 0.2) is 29.1 Å². The highest BCUT2D eigenvalue weighted by atomic mass is 16.8. The number of carbonyl (C=O) groups is 2. The van der Waals surface area contributed by atoms with Crippen molar-refractivity contribution in [1.82, 2.24) is 10.3 Å². The van der Waals surface area contributed by atoms with Crippen LogP contribution in [-0.4, -0.2) is 152 Å². The number of H-pyrrole nitrogens is 1. The molecule has 67 heavy (non-hydrogen) atoms. The van der Waals surface area contributed by atoms with Crippen molar-refractivity contribution in [2.45, 2.75) is 98.9 Å². The number of allylic oxidation sites excluding steroid dienone is 3. The molecule has 16 N–H and O–H groups in total. The third kappa shape index (κ3) is 8.08. The highest BCUT2D eigenvalue weighted by molar-refractivity contribution is 5.89. The van der Waals surface area contributed by atoms with Crippen molar-refractivity contribution in [1.29, 1.82) is 0 Å². The summed E-state index contributed by atoms with van der Waals surface area (Å²) < 4.78 is 29.1. The molecule has 0 amide bonds. The summed E-state index contributed by atoms with van der Waals surface area (Å²) in [6, 6.07) is 7.87. The fourth-order valence-corrected chi connectivity index (χ4v) is 8.70. The molecule has 11 unspecified atom stereocenters. The van der Waals surface area contributed by atoms with E-state index in [1.54, 1.807) is 24.4 Å². The number of phenolic OH excluding ortho intramolecular Hbond substituents is 3. The molecule has 6 heterocycles. The topological polar surface area (TPSA) is 398 Å². The van der Waals surface area contributed by atoms with Gasteiger partial charge in [0.05, 0.1) is 6.17 Å². The van der Waals surface area contributed by atoms with Crippen molar-refractivity contribution in [3.05, 3.63) is 105 Å². The lowest BCUT2D eigenvalue weighted by Crippen LogP contribution is -2.70. The molecule has 0 aliphatic carbocycles. The maximum absolute atomic E-state index is 14.1. The number of benzene rings is 2. The van der Waals surface area contributed by atoms with Crippen molar-refractivity contribution in [3.63, 3.8) is 0 Å². The molecule has 2 saturated heterocycles. The number of phenols is 3. The van der Waals surface area contributed by atoms with Crippen LogP contribution in [0.3, 0.4) is 0 Å². The molecule has 0 bridgehead atoms. The number of dihydropyridines is 1. The Bertz CT molecular complexity index is 2750. The van der Waals surface area contributed by atoms with Gasteiger partial charge in [-0.25, -0.2) is 9.59 Å². The number of fused-ring (bicyclic) bond motifs is 2. The van der Waals surface area contributed by atoms with Gasteiger partial charge in [0, 0.05) is 71.4 Å². The van der Waals surface area contributed by atoms with Crippen LogP contribution in [0.15, 0.2) is 86.9 Å². The number of aliphatic hydroxyl groups excluding tert-OH is 6. The van der Waals surface area contributed by atoms with Crippen molar-refractivity contribution in [2.75, 3.05) is 6.61 Å². The fraction of sp³-hybridized carbons (Fsp3) is 0.386. The van der Waals surface area contributed by atoms with Crippen LogP contribution >= 0.6 is 0 Å². The lowest BCUT2D eigenvalue weighted by Gasteiger charge is -2.48. The summed E-state index contributed by atoms with van der Waals surface area (Å²) in [6.45, 7) is 1.43. The second kappa shape index (κ2) is 17.7. The Morgan fingerprint density at radius 1 is 0.970 bits per heavy atom. The minimum Gasteiger partial charge on any atom is -0.507 e. The molecule has 23 nitrogen and oxygen atoms in total. The molecule has 2 fully saturated rings. The van der Waals surface area contributed by atoms with Gasteiger partial charge in [0.2, 0.25) is 18.2 Å². The average molecular weight is 938 g/mol. The molecule has 11 atom stereocenters. The Balaban J connectivity index is 1.32. The quantitative estimate of drug-likeness (QED) is 0.0358. The summed E-state index contributed by atoms with van der Waals surface area (Å²) in [5.41, 5.74) is 6.60. The molecule has 8 rings (SSSR count). The first-order valence-corrected chi connectivity index (χ1v) is 20.8. The van der Waals surface area contributed by atoms with E-state index in [0.717, 1.165) is 18.2 Å². The molecule has 0 saturated carbocycles. The Morgan fingerprint density at radius 2 is 1.72 bits per heavy atom. The molecule has 2 aromatic carbocycles. The van der Waals surface area contributed by atoms with Crippen LogP contribution in [0.4, 0.5) is 0 Å². The first-order chi connectivity index (χ1) is 31.7. The molecule has 1 spiro atoms. The molecule has 4 aliphatic heterocycles. The molecule has 4 aliphatic rings. The number of nitrogens with two attached hydrogens (primary N) is 1. The van der Waals surface area contributed by atoms with Gasteiger partial charge in [-0.15, -0.1) is 0 Å². The molecule has 2 aromatic heterocycles. The number of aromatic hydroxyl groups is 3. The summed E-state index contributed by atoms with van der Waals surface area (Å²) >= 11 is 0. The molecular weight excluding hydrogens is 890 g/mol. The van der Waals surface area contributed by atoms with Gasteiger partial charge in [-0.3, -0.25) is 4.79 Å². The number of aliphatic carboxylic acids is 1. The maximum Gasteiger partial charge on any atom is 0.340 e. The SMILES string of the molecule is CCC1=CC(C2C=C(Cc3ccc[nH]3)C3(Oc4cc5oc(-c6cc(O)c(O)c(CCO)c6)cc(=O)c5c(O)c42)OC(C(=O)OC2OC(C(=O)O)C(O)(O)C(O)C2O)C(O)C(O)C3O)=CNC1N. The number of ether oxygens (including phenoxy) is 4. The van der Waals surface area contributed by atoms with E-state index in [9.17, 15) is 75.7 Å². The number of aromatic amines is 1. The number of carbonyl (C=O) groups excluding carboxylic acids is 1. The number of aromatic nitrogens is 1. The van der Waals surface area contributed by atoms with Gasteiger partial charge in [-0.1, -0.05) is 19.1 Å². The Labute approximate surface area is 377 Å². The Morgan fingerprint density at radius 3 is 2.39 bits per heavy atom. The largest absolute Gasteiger partial charge is 0.507 e. The van der Waals surface area contributed by atoms with Crippen LogP contribution in [0.2, 0.25) is 0 Å². The Kier molecular flexibility index (Phi) is 12.5. The van der Waals surface area contributed by atoms with Gasteiger partial charge in [-0.2, -0.15) is 0 Å². The van der Waals surface area contributed by atoms with Gasteiger partial charge >= 0.3 is 11.9 Å². The zero-order valence-electron chi connectivity index (χ0n) is 35.1. The standard InChI is InChI=1S/C44H47N3O20/c1-2-16-8-19(15-47-39(16)45)22-12-20(11-21-4-3-6-46-21)44(37(57)33(54)32(53)35(67-44)41(60)65-42-34(55)36(56)43(61,62)38(64-42)40(58)59)66-27-14-26-29(31(52)28(22)27)23(49)13-25(63-26)18-9-17(5-7-48)30(51)24(50)10-18/h3-4,6,8-10,12-15,22,32-39,42,46-48,50-57,61-62H,2,5,7,11,45H2,1H3,(H,58,59). The van der Waals surface area contributed by atoms with Crippen LogP contribution < -0.4 is 21.2 Å². The van der Waals surface area contributed by atoms with E-state index >= 15 is 0 Å². The summed E-state index contributed by atoms with van der Waals surface area (Å²) in [5, 5.41) is 132. The van der Waals surface area contributed by atoms with E-state index in [-0.39, 0.29) is 51.8 Å². The van der Waals surface area contributed by atoms with Gasteiger partial charge < -0.3 is 101 Å². The lowest BCUT2D eigenvalue weighted by atomic mass is 9.81. The van der Waals surface area contributed by atoms with Crippen molar-refractivity contribution in [2.24, 2.45) is 5.73 Å². The Hall–Kier alpha value is -6.35. The van der Waals surface area contributed by atoms with Crippen molar-refractivity contribution < 1.29 is 94.2 Å². The van der Waals surface area contributed by atoms with E-state index in [0.29, 0.717) is 23.3 Å². The molecule has 0 radical (unpaired) electrons. The molecule has 23 heteroatoms. The predicted octanol–water partition coefficient (Wildman–Crippen LogP) is -1.87. The van der Waals surface area contributed by atoms with Crippen molar-refractivity contribution >= 4 is 22.9 Å². The first-order valence-electron chi connectivity index (χ1n) is 20.8. The van der Waals surface area contributed by atoms with E-state index < -0.39 is 120 Å². The molecule has 358 valence electrons. The average Bonchev–Trinajstić information content (AvgIpc) is 3.76. The minimum atomic E-state index is -3.58. The first kappa shape index (κ1) is 47.2. The predicted molar refractivity (Wildman–Crippen MR) is 224 cm³/mol. The third-order valence-electron chi connectivity index (χ3n) is 12.3. The number of esters is 1. The number of aliphatic hydroxyl groups is 8. The van der Waals surface area contributed by atoms with E-state index in [1.807, 2.05) is 6.92 Å². The zero-order chi connectivity index (χ0) is 48.4. The molecular formula is C44H47N3O20. The van der Waals surface area contributed by atoms with E-state index in [2.05, 4.69) is 10.3 Å². The monoisotopic (exact) mass is 937 g/mol. The van der Waals surface area contributed by atoms with Gasteiger partial charge in [-0.05, 0) is 48.3 Å². The normalized spacial score (nSPS) is 30.3. The smallest absolute Gasteiger partial charge is 0.340 e. The van der Waals surface area contributed by atoms with Crippen LogP contribution in [0.25, 0.3) is 22.3 Å². The van der Waals surface area contributed by atoms with Crippen molar-refractivity contribution in [3.8, 4) is 34.3 Å². The fourth-order valence-electron chi connectivity index (χ4n) is 8.70. The van der Waals surface area contributed by atoms with E-state index in [1.165, 1.54) is 18.3 Å². The number of nitrogens with one attached hydrogen (secondary N) is 2. The summed E-state index contributed by atoms with van der Waals surface area (Å²) in [7, 11) is 0. The number of carboxylic acid groups (broad SMARTS) is 1. The second-order valence-corrected chi connectivity index (χ2v) is 16.5. The second-order valence-electron chi connectivity index (χ2n) is 16.5. The summed E-state index contributed by atoms with van der Waals surface area (Å²) in [6.07, 6.45) is -14.2. The highest BCUT2D eigenvalue weighted by Gasteiger charge is 2.63. The maximum atomic E-state index is 14.1. The zero-order valence-corrected chi connectivity index (χ0v) is 35.1. The summed E-state index contributed by atoms with van der Waals surface area (Å²) in [5.74, 6) is -13.8. The third-order valence-corrected chi connectivity index (χ3v) is 12.3. The molecule has 4 aromatic rings. The van der Waals surface area contributed by atoms with Crippen LogP contribution in [-0.2, 0) is 36.6 Å². The van der Waals surface area contributed by atoms with E-state index in [4.69, 9.17) is 29.1 Å². The minimum absolute atomic E-state index is 0.0618. The summed E-state index contributed by atoms with van der Waals surface area (Å²) in [4.78, 5) is 43.0. The number of carboxylic acids is 1. The van der Waals surface area contributed by atoms with Gasteiger partial charge in [0.25, 0.3) is 5.79 Å². The van der Waals surface area contributed by atoms with Crippen LogP contribution in [0.5, 0.6) is 23.0 Å². The van der Waals surface area contributed by atoms with Crippen LogP contribution in [0, 0.1) is 0 Å².